The lowest BCUT2D eigenvalue weighted by atomic mass is 10.1. The van der Waals surface area contributed by atoms with Crippen LogP contribution in [0.5, 0.6) is 0 Å². The number of benzene rings is 2. The fourth-order valence-electron chi connectivity index (χ4n) is 1.87. The smallest absolute Gasteiger partial charge is 0.181 e. The summed E-state index contributed by atoms with van der Waals surface area (Å²) in [4.78, 5) is 12.1. The zero-order valence-electron chi connectivity index (χ0n) is 11.3. The maximum Gasteiger partial charge on any atom is 0.181 e. The van der Waals surface area contributed by atoms with Gasteiger partial charge in [-0.25, -0.2) is 0 Å². The van der Waals surface area contributed by atoms with Gasteiger partial charge in [0.15, 0.2) is 5.78 Å². The summed E-state index contributed by atoms with van der Waals surface area (Å²) in [7, 11) is 0. The largest absolute Gasteiger partial charge is 0.377 e. The van der Waals surface area contributed by atoms with Gasteiger partial charge >= 0.3 is 0 Å². The Hall–Kier alpha value is -1.51. The molecule has 0 unspecified atom stereocenters. The summed E-state index contributed by atoms with van der Waals surface area (Å²) < 4.78 is 0. The number of nitrogens with one attached hydrogen (secondary N) is 1. The van der Waals surface area contributed by atoms with Gasteiger partial charge in [0, 0.05) is 11.3 Å². The van der Waals surface area contributed by atoms with Crippen LogP contribution < -0.4 is 5.32 Å². The maximum atomic E-state index is 12.1. The molecule has 2 rings (SSSR count). The number of carbonyl (C=O) groups excluding carboxylic acids is 1. The Morgan fingerprint density at radius 2 is 1.80 bits per heavy atom. The molecule has 2 aromatic carbocycles. The van der Waals surface area contributed by atoms with Gasteiger partial charge < -0.3 is 5.32 Å². The van der Waals surface area contributed by atoms with Gasteiger partial charge in [-0.2, -0.15) is 0 Å². The molecule has 0 bridgehead atoms. The van der Waals surface area contributed by atoms with E-state index in [9.17, 15) is 4.79 Å². The Bertz CT molecular complexity index is 653. The molecule has 0 aromatic heterocycles. The van der Waals surface area contributed by atoms with E-state index in [0.29, 0.717) is 15.6 Å². The number of rotatable bonds is 4. The molecule has 2 aromatic rings. The van der Waals surface area contributed by atoms with Crippen LogP contribution in [-0.2, 0) is 0 Å². The lowest BCUT2D eigenvalue weighted by molar-refractivity contribution is 0.101. The summed E-state index contributed by atoms with van der Waals surface area (Å²) in [5, 5.41) is 4.00. The average molecular weight is 308 g/mol. The summed E-state index contributed by atoms with van der Waals surface area (Å²) in [6.45, 7) is 4.25. The molecule has 0 saturated carbocycles. The van der Waals surface area contributed by atoms with Crippen LogP contribution >= 0.6 is 23.2 Å². The molecule has 0 fully saturated rings. The van der Waals surface area contributed by atoms with Crippen molar-refractivity contribution in [1.82, 2.24) is 0 Å². The molecular formula is C16H15Cl2NO. The van der Waals surface area contributed by atoms with Crippen molar-refractivity contribution >= 4 is 34.7 Å². The molecule has 1 N–H and O–H groups in total. The molecule has 2 nitrogen and oxygen atoms in total. The van der Waals surface area contributed by atoms with E-state index in [2.05, 4.69) is 5.32 Å². The molecule has 20 heavy (non-hydrogen) atoms. The van der Waals surface area contributed by atoms with E-state index in [1.807, 2.05) is 32.0 Å². The first-order valence-electron chi connectivity index (χ1n) is 6.27. The highest BCUT2D eigenvalue weighted by atomic mass is 35.5. The Morgan fingerprint density at radius 1 is 1.05 bits per heavy atom. The third-order valence-electron chi connectivity index (χ3n) is 3.07. The molecule has 0 amide bonds. The van der Waals surface area contributed by atoms with Crippen molar-refractivity contribution in [3.63, 3.8) is 0 Å². The van der Waals surface area contributed by atoms with Gasteiger partial charge in [0.2, 0.25) is 0 Å². The van der Waals surface area contributed by atoms with Gasteiger partial charge in [-0.3, -0.25) is 4.79 Å². The highest BCUT2D eigenvalue weighted by Crippen LogP contribution is 2.23. The summed E-state index contributed by atoms with van der Waals surface area (Å²) in [6, 6.07) is 11.0. The van der Waals surface area contributed by atoms with Crippen LogP contribution in [0.25, 0.3) is 0 Å². The zero-order valence-corrected chi connectivity index (χ0v) is 12.8. The van der Waals surface area contributed by atoms with Crippen molar-refractivity contribution in [2.75, 3.05) is 11.9 Å². The standard InChI is InChI=1S/C16H15Cl2NO/c1-10-3-4-11(2)15(7-10)19-9-16(20)12-5-6-13(17)14(18)8-12/h3-8,19H,9H2,1-2H3. The molecule has 0 heterocycles. The normalized spacial score (nSPS) is 10.4. The predicted octanol–water partition coefficient (Wildman–Crippen LogP) is 4.91. The molecule has 0 aliphatic heterocycles. The number of Topliss-reactive ketones (excluding diaryl/α,β-unsaturated/α-hetero) is 1. The Morgan fingerprint density at radius 3 is 2.50 bits per heavy atom. The average Bonchev–Trinajstić information content (AvgIpc) is 2.42. The topological polar surface area (TPSA) is 29.1 Å². The van der Waals surface area contributed by atoms with Crippen molar-refractivity contribution in [2.45, 2.75) is 13.8 Å². The van der Waals surface area contributed by atoms with Gasteiger partial charge in [0.05, 0.1) is 16.6 Å². The maximum absolute atomic E-state index is 12.1. The fraction of sp³-hybridized carbons (Fsp3) is 0.188. The van der Waals surface area contributed by atoms with Crippen LogP contribution in [0, 0.1) is 13.8 Å². The molecule has 0 saturated heterocycles. The predicted molar refractivity (Wildman–Crippen MR) is 85.2 cm³/mol. The third kappa shape index (κ3) is 3.53. The highest BCUT2D eigenvalue weighted by Gasteiger charge is 2.08. The number of anilines is 1. The second-order valence-corrected chi connectivity index (χ2v) is 5.54. The van der Waals surface area contributed by atoms with Crippen molar-refractivity contribution in [1.29, 1.82) is 0 Å². The first-order valence-corrected chi connectivity index (χ1v) is 7.02. The zero-order chi connectivity index (χ0) is 14.7. The number of hydrogen-bond donors (Lipinski definition) is 1. The number of halogens is 2. The Kier molecular flexibility index (Phi) is 4.69. The van der Waals surface area contributed by atoms with Crippen molar-refractivity contribution < 1.29 is 4.79 Å². The van der Waals surface area contributed by atoms with Crippen LogP contribution in [0.1, 0.15) is 21.5 Å². The van der Waals surface area contributed by atoms with Crippen LogP contribution in [0.15, 0.2) is 36.4 Å². The van der Waals surface area contributed by atoms with Crippen molar-refractivity contribution in [3.05, 3.63) is 63.1 Å². The monoisotopic (exact) mass is 307 g/mol. The molecule has 0 radical (unpaired) electrons. The Labute approximate surface area is 128 Å². The highest BCUT2D eigenvalue weighted by molar-refractivity contribution is 6.42. The minimum atomic E-state index is -0.0236. The second kappa shape index (κ2) is 6.29. The SMILES string of the molecule is Cc1ccc(C)c(NCC(=O)c2ccc(Cl)c(Cl)c2)c1. The third-order valence-corrected chi connectivity index (χ3v) is 3.81. The first-order chi connectivity index (χ1) is 9.47. The van der Waals surface area contributed by atoms with Crippen LogP contribution in [0.4, 0.5) is 5.69 Å². The minimum absolute atomic E-state index is 0.0236. The summed E-state index contributed by atoms with van der Waals surface area (Å²) in [6.07, 6.45) is 0. The van der Waals surface area contributed by atoms with E-state index in [4.69, 9.17) is 23.2 Å². The number of hydrogen-bond acceptors (Lipinski definition) is 2. The molecular weight excluding hydrogens is 293 g/mol. The lowest BCUT2D eigenvalue weighted by Gasteiger charge is -2.10. The van der Waals surface area contributed by atoms with E-state index < -0.39 is 0 Å². The van der Waals surface area contributed by atoms with E-state index >= 15 is 0 Å². The van der Waals surface area contributed by atoms with Crippen LogP contribution in [0.3, 0.4) is 0 Å². The second-order valence-electron chi connectivity index (χ2n) is 4.72. The van der Waals surface area contributed by atoms with Gasteiger partial charge in [-0.1, -0.05) is 35.3 Å². The van der Waals surface area contributed by atoms with Crippen molar-refractivity contribution in [2.24, 2.45) is 0 Å². The fourth-order valence-corrected chi connectivity index (χ4v) is 2.17. The number of carbonyl (C=O) groups is 1. The number of aryl methyl sites for hydroxylation is 2. The van der Waals surface area contributed by atoms with Gasteiger partial charge in [0.25, 0.3) is 0 Å². The molecule has 0 spiro atoms. The van der Waals surface area contributed by atoms with E-state index in [0.717, 1.165) is 16.8 Å². The summed E-state index contributed by atoms with van der Waals surface area (Å²) in [5.74, 6) is -0.0236. The molecule has 0 atom stereocenters. The lowest BCUT2D eigenvalue weighted by Crippen LogP contribution is -2.14. The van der Waals surface area contributed by atoms with Crippen LogP contribution in [-0.4, -0.2) is 12.3 Å². The summed E-state index contributed by atoms with van der Waals surface area (Å²) >= 11 is 11.8. The summed E-state index contributed by atoms with van der Waals surface area (Å²) in [5.41, 5.74) is 3.79. The molecule has 4 heteroatoms. The van der Waals surface area contributed by atoms with E-state index in [1.54, 1.807) is 18.2 Å². The van der Waals surface area contributed by atoms with Crippen molar-refractivity contribution in [3.8, 4) is 0 Å². The molecule has 104 valence electrons. The van der Waals surface area contributed by atoms with Crippen LogP contribution in [0.2, 0.25) is 10.0 Å². The van der Waals surface area contributed by atoms with Gasteiger partial charge in [-0.05, 0) is 49.2 Å². The van der Waals surface area contributed by atoms with Gasteiger partial charge in [-0.15, -0.1) is 0 Å². The van der Waals surface area contributed by atoms with E-state index in [1.165, 1.54) is 0 Å². The molecule has 0 aliphatic carbocycles. The van der Waals surface area contributed by atoms with Gasteiger partial charge in [0.1, 0.15) is 0 Å². The number of ketones is 1. The Balaban J connectivity index is 2.08. The quantitative estimate of drug-likeness (QED) is 0.814. The first kappa shape index (κ1) is 14.9. The van der Waals surface area contributed by atoms with E-state index in [-0.39, 0.29) is 12.3 Å². The minimum Gasteiger partial charge on any atom is -0.377 e. The molecule has 0 aliphatic rings.